The molecule has 0 aliphatic rings. The van der Waals surface area contributed by atoms with Gasteiger partial charge in [0.25, 0.3) is 0 Å². The zero-order valence-electron chi connectivity index (χ0n) is 41.5. The van der Waals surface area contributed by atoms with E-state index in [0.29, 0.717) is 12.8 Å². The first-order chi connectivity index (χ1) is 30.6. The van der Waals surface area contributed by atoms with Crippen LogP contribution in [-0.4, -0.2) is 75.5 Å². The Morgan fingerprint density at radius 1 is 0.492 bits per heavy atom. The second-order valence-corrected chi connectivity index (χ2v) is 18.4. The number of esters is 2. The number of ether oxygens (including phenoxy) is 3. The SMILES string of the molecule is CC/C=C/C/C=C/C/C=C/C/C=C/C/C=C/CCC(=O)OC(COCCC(C(=O)[O-])[N+](C)(C)C)COC(=O)CCCCCCCCCCCCCCCCCCCCCCCCC. The monoisotopic (exact) mass is 884 g/mol. The Morgan fingerprint density at radius 2 is 0.889 bits per heavy atom. The summed E-state index contributed by atoms with van der Waals surface area (Å²) in [7, 11) is 5.39. The second-order valence-electron chi connectivity index (χ2n) is 18.4. The van der Waals surface area contributed by atoms with Crippen LogP contribution in [0, 0.1) is 0 Å². The van der Waals surface area contributed by atoms with Gasteiger partial charge in [0.05, 0.1) is 40.3 Å². The molecule has 0 amide bonds. The molecule has 0 aromatic rings. The molecule has 0 heterocycles. The Bertz CT molecular complexity index is 1210. The van der Waals surface area contributed by atoms with Crippen LogP contribution in [0.5, 0.6) is 0 Å². The summed E-state index contributed by atoms with van der Waals surface area (Å²) in [5.74, 6) is -1.83. The molecule has 364 valence electrons. The van der Waals surface area contributed by atoms with Gasteiger partial charge in [-0.1, -0.05) is 216 Å². The highest BCUT2D eigenvalue weighted by molar-refractivity contribution is 5.70. The van der Waals surface area contributed by atoms with E-state index in [1.807, 2.05) is 12.2 Å². The standard InChI is InChI=1S/C55H97NO7/c1-6-8-10-12-14-16-18-20-22-24-25-26-27-28-29-30-32-33-35-37-39-41-43-45-53(57)62-50-51(49-61-48-47-52(55(59)60)56(3,4)5)63-54(58)46-44-42-40-38-36-34-31-23-21-19-17-15-13-11-9-7-2/h9,11,15,17,21,23,34,36,40,42,51-52H,6-8,10,12-14,16,18-20,22,24-33,35,37-39,41,43-50H2,1-5H3/b11-9+,17-15+,23-21+,36-34+,42-40+. The fraction of sp³-hybridized carbons (Fsp3) is 0.764. The summed E-state index contributed by atoms with van der Waals surface area (Å²) in [5.41, 5.74) is 0. The van der Waals surface area contributed by atoms with Crippen LogP contribution in [0.4, 0.5) is 0 Å². The van der Waals surface area contributed by atoms with E-state index in [9.17, 15) is 19.5 Å². The maximum atomic E-state index is 12.7. The van der Waals surface area contributed by atoms with Crippen LogP contribution in [-0.2, 0) is 28.6 Å². The molecule has 0 saturated heterocycles. The summed E-state index contributed by atoms with van der Waals surface area (Å²) in [6, 6.07) is -0.740. The highest BCUT2D eigenvalue weighted by Crippen LogP contribution is 2.16. The van der Waals surface area contributed by atoms with Crippen molar-refractivity contribution in [1.82, 2.24) is 0 Å². The van der Waals surface area contributed by atoms with E-state index in [1.165, 1.54) is 128 Å². The molecular formula is C55H97NO7. The first-order valence-electron chi connectivity index (χ1n) is 25.8. The number of allylic oxidation sites excluding steroid dienone is 10. The van der Waals surface area contributed by atoms with E-state index in [0.717, 1.165) is 51.4 Å². The minimum atomic E-state index is -1.14. The van der Waals surface area contributed by atoms with Gasteiger partial charge in [-0.05, 0) is 44.9 Å². The normalized spacial score (nSPS) is 13.3. The third-order valence-corrected chi connectivity index (χ3v) is 11.4. The topological polar surface area (TPSA) is 102 Å². The number of hydrogen-bond donors (Lipinski definition) is 0. The van der Waals surface area contributed by atoms with Crippen molar-refractivity contribution in [3.63, 3.8) is 0 Å². The van der Waals surface area contributed by atoms with Crippen LogP contribution in [0.25, 0.3) is 0 Å². The van der Waals surface area contributed by atoms with E-state index in [4.69, 9.17) is 14.2 Å². The van der Waals surface area contributed by atoms with Gasteiger partial charge >= 0.3 is 11.9 Å². The molecule has 0 N–H and O–H groups in total. The molecule has 8 nitrogen and oxygen atoms in total. The van der Waals surface area contributed by atoms with Gasteiger partial charge < -0.3 is 28.6 Å². The molecule has 2 unspecified atom stereocenters. The van der Waals surface area contributed by atoms with Gasteiger partial charge in [0.2, 0.25) is 0 Å². The molecule has 0 aromatic carbocycles. The minimum absolute atomic E-state index is 0.0110. The highest BCUT2D eigenvalue weighted by atomic mass is 16.6. The minimum Gasteiger partial charge on any atom is -0.544 e. The summed E-state index contributed by atoms with van der Waals surface area (Å²) < 4.78 is 17.1. The zero-order valence-corrected chi connectivity index (χ0v) is 41.5. The molecule has 0 aliphatic heterocycles. The lowest BCUT2D eigenvalue weighted by Crippen LogP contribution is -2.55. The molecule has 0 aromatic heterocycles. The molecule has 0 spiro atoms. The number of carboxylic acid groups (broad SMARTS) is 1. The quantitative estimate of drug-likeness (QED) is 0.0260. The third kappa shape index (κ3) is 44.0. The lowest BCUT2D eigenvalue weighted by molar-refractivity contribution is -0.889. The Balaban J connectivity index is 4.25. The van der Waals surface area contributed by atoms with Gasteiger partial charge in [0.1, 0.15) is 12.6 Å². The van der Waals surface area contributed by atoms with E-state index >= 15 is 0 Å². The Labute approximate surface area is 388 Å². The van der Waals surface area contributed by atoms with Crippen molar-refractivity contribution in [3.05, 3.63) is 60.8 Å². The predicted octanol–water partition coefficient (Wildman–Crippen LogP) is 13.6. The van der Waals surface area contributed by atoms with Crippen molar-refractivity contribution < 1.29 is 38.2 Å². The van der Waals surface area contributed by atoms with Crippen LogP contribution in [0.2, 0.25) is 0 Å². The van der Waals surface area contributed by atoms with Crippen molar-refractivity contribution in [2.75, 3.05) is 41.0 Å². The van der Waals surface area contributed by atoms with E-state index < -0.39 is 24.1 Å². The summed E-state index contributed by atoms with van der Waals surface area (Å²) in [6.07, 6.45) is 57.1. The van der Waals surface area contributed by atoms with Crippen molar-refractivity contribution in [2.24, 2.45) is 0 Å². The second kappa shape index (κ2) is 45.6. The molecule has 0 radical (unpaired) electrons. The largest absolute Gasteiger partial charge is 0.544 e. The lowest BCUT2D eigenvalue weighted by Gasteiger charge is -2.34. The highest BCUT2D eigenvalue weighted by Gasteiger charge is 2.25. The number of unbranched alkanes of at least 4 members (excludes halogenated alkanes) is 22. The molecule has 0 bridgehead atoms. The molecule has 63 heavy (non-hydrogen) atoms. The third-order valence-electron chi connectivity index (χ3n) is 11.4. The van der Waals surface area contributed by atoms with Crippen LogP contribution < -0.4 is 5.11 Å². The van der Waals surface area contributed by atoms with Gasteiger partial charge in [0.15, 0.2) is 6.10 Å². The maximum Gasteiger partial charge on any atom is 0.306 e. The number of aliphatic carboxylic acids is 1. The fourth-order valence-corrected chi connectivity index (χ4v) is 7.47. The van der Waals surface area contributed by atoms with Crippen LogP contribution in [0.15, 0.2) is 60.8 Å². The number of carboxylic acids is 1. The van der Waals surface area contributed by atoms with Crippen molar-refractivity contribution in [1.29, 1.82) is 0 Å². The van der Waals surface area contributed by atoms with E-state index in [2.05, 4.69) is 62.5 Å². The van der Waals surface area contributed by atoms with Crippen molar-refractivity contribution in [2.45, 2.75) is 231 Å². The smallest absolute Gasteiger partial charge is 0.306 e. The zero-order chi connectivity index (χ0) is 46.3. The van der Waals surface area contributed by atoms with Gasteiger partial charge in [0, 0.05) is 19.3 Å². The van der Waals surface area contributed by atoms with Gasteiger partial charge in [-0.25, -0.2) is 0 Å². The van der Waals surface area contributed by atoms with Crippen LogP contribution in [0.1, 0.15) is 219 Å². The molecule has 0 fully saturated rings. The van der Waals surface area contributed by atoms with E-state index in [1.54, 1.807) is 21.1 Å². The summed E-state index contributed by atoms with van der Waals surface area (Å²) >= 11 is 0. The molecular weight excluding hydrogens is 787 g/mol. The summed E-state index contributed by atoms with van der Waals surface area (Å²) in [5, 5.41) is 11.7. The Kier molecular flexibility index (Phi) is 43.4. The number of hydrogen-bond acceptors (Lipinski definition) is 7. The average molecular weight is 884 g/mol. The first-order valence-corrected chi connectivity index (χ1v) is 25.8. The average Bonchev–Trinajstić information content (AvgIpc) is 3.24. The number of likely N-dealkylation sites (N-methyl/N-ethyl adjacent to an activating group) is 1. The summed E-state index contributed by atoms with van der Waals surface area (Å²) in [6.45, 7) is 4.49. The maximum absolute atomic E-state index is 12.7. The van der Waals surface area contributed by atoms with E-state index in [-0.39, 0.29) is 43.1 Å². The number of carbonyl (C=O) groups is 3. The molecule has 8 heteroatoms. The Hall–Kier alpha value is -2.97. The summed E-state index contributed by atoms with van der Waals surface area (Å²) in [4.78, 5) is 37.0. The van der Waals surface area contributed by atoms with Crippen molar-refractivity contribution in [3.8, 4) is 0 Å². The lowest BCUT2D eigenvalue weighted by atomic mass is 10.0. The number of nitrogens with zero attached hydrogens (tertiary/aromatic N) is 1. The molecule has 0 aliphatic carbocycles. The molecule has 0 rings (SSSR count). The van der Waals surface area contributed by atoms with Crippen LogP contribution in [0.3, 0.4) is 0 Å². The first kappa shape index (κ1) is 60.0. The number of carbonyl (C=O) groups excluding carboxylic acids is 3. The predicted molar refractivity (Wildman–Crippen MR) is 263 cm³/mol. The molecule has 2 atom stereocenters. The van der Waals surface area contributed by atoms with Crippen molar-refractivity contribution >= 4 is 17.9 Å². The van der Waals surface area contributed by atoms with Crippen LogP contribution >= 0.6 is 0 Å². The van der Waals surface area contributed by atoms with Gasteiger partial charge in [-0.3, -0.25) is 9.59 Å². The van der Waals surface area contributed by atoms with Gasteiger partial charge in [-0.15, -0.1) is 0 Å². The number of rotatable bonds is 46. The van der Waals surface area contributed by atoms with Gasteiger partial charge in [-0.2, -0.15) is 0 Å². The fourth-order valence-electron chi connectivity index (χ4n) is 7.47. The number of quaternary nitrogens is 1. The Morgan fingerprint density at radius 3 is 1.29 bits per heavy atom. The molecule has 0 saturated carbocycles.